The molecular weight excluding hydrogens is 322 g/mol. The molecule has 3 rings (SSSR count). The molecule has 0 radical (unpaired) electrons. The van der Waals surface area contributed by atoms with Crippen molar-refractivity contribution in [1.82, 2.24) is 15.1 Å². The van der Waals surface area contributed by atoms with Crippen molar-refractivity contribution >= 4 is 11.9 Å². The third-order valence-corrected chi connectivity index (χ3v) is 3.54. The molecule has 128 valence electrons. The number of amides is 1. The molecule has 2 heterocycles. The first-order chi connectivity index (χ1) is 12.1. The first kappa shape index (κ1) is 16.5. The number of carbonyl (C=O) groups is 2. The van der Waals surface area contributed by atoms with Gasteiger partial charge >= 0.3 is 5.97 Å². The van der Waals surface area contributed by atoms with E-state index in [0.717, 1.165) is 5.69 Å². The standard InChI is InChI=1S/C18H17N3O4/c1-13(17(22)19-12-16-4-2-11-24-16)25-18(23)14-5-7-15(8-6-14)21-10-3-9-20-21/h2-11,13H,12H2,1H3,(H,19,22)/t13-/m1/s1. The fourth-order valence-corrected chi connectivity index (χ4v) is 2.19. The molecule has 0 aliphatic carbocycles. The predicted molar refractivity (Wildman–Crippen MR) is 89.0 cm³/mol. The minimum absolute atomic E-state index is 0.242. The Hall–Kier alpha value is -3.35. The zero-order chi connectivity index (χ0) is 17.6. The van der Waals surface area contributed by atoms with E-state index in [4.69, 9.17) is 9.15 Å². The van der Waals surface area contributed by atoms with Gasteiger partial charge in [-0.15, -0.1) is 0 Å². The van der Waals surface area contributed by atoms with E-state index in [2.05, 4.69) is 10.4 Å². The molecule has 0 unspecified atom stereocenters. The Morgan fingerprint density at radius 3 is 2.68 bits per heavy atom. The van der Waals surface area contributed by atoms with Crippen LogP contribution < -0.4 is 5.32 Å². The number of hydrogen-bond donors (Lipinski definition) is 1. The van der Waals surface area contributed by atoms with E-state index in [1.807, 2.05) is 6.07 Å². The number of rotatable bonds is 6. The van der Waals surface area contributed by atoms with Gasteiger partial charge in [-0.2, -0.15) is 5.10 Å². The van der Waals surface area contributed by atoms with Gasteiger partial charge in [0.05, 0.1) is 24.1 Å². The van der Waals surface area contributed by atoms with Crippen molar-refractivity contribution in [2.24, 2.45) is 0 Å². The molecule has 2 aromatic heterocycles. The lowest BCUT2D eigenvalue weighted by Gasteiger charge is -2.13. The largest absolute Gasteiger partial charge is 0.467 e. The molecule has 25 heavy (non-hydrogen) atoms. The van der Waals surface area contributed by atoms with Crippen LogP contribution in [-0.2, 0) is 16.1 Å². The highest BCUT2D eigenvalue weighted by Crippen LogP contribution is 2.11. The summed E-state index contributed by atoms with van der Waals surface area (Å²) in [5.41, 5.74) is 1.19. The number of hydrogen-bond acceptors (Lipinski definition) is 5. The lowest BCUT2D eigenvalue weighted by molar-refractivity contribution is -0.129. The van der Waals surface area contributed by atoms with E-state index in [1.165, 1.54) is 13.2 Å². The molecular formula is C18H17N3O4. The highest BCUT2D eigenvalue weighted by atomic mass is 16.5. The molecule has 3 aromatic rings. The summed E-state index contributed by atoms with van der Waals surface area (Å²) in [6.07, 6.45) is 4.09. The highest BCUT2D eigenvalue weighted by molar-refractivity contribution is 5.92. The Morgan fingerprint density at radius 1 is 1.24 bits per heavy atom. The van der Waals surface area contributed by atoms with Gasteiger partial charge in [0.1, 0.15) is 5.76 Å². The van der Waals surface area contributed by atoms with Gasteiger partial charge in [0.25, 0.3) is 5.91 Å². The predicted octanol–water partition coefficient (Wildman–Crippen LogP) is 2.33. The van der Waals surface area contributed by atoms with E-state index in [0.29, 0.717) is 11.3 Å². The maximum atomic E-state index is 12.1. The summed E-state index contributed by atoms with van der Waals surface area (Å²) in [5.74, 6) is -0.327. The van der Waals surface area contributed by atoms with Gasteiger partial charge in [0, 0.05) is 12.4 Å². The Balaban J connectivity index is 1.54. The van der Waals surface area contributed by atoms with Gasteiger partial charge < -0.3 is 14.5 Å². The van der Waals surface area contributed by atoms with Gasteiger partial charge in [0.2, 0.25) is 0 Å². The molecule has 0 saturated carbocycles. The molecule has 0 spiro atoms. The molecule has 0 fully saturated rings. The van der Waals surface area contributed by atoms with Gasteiger partial charge in [-0.1, -0.05) is 0 Å². The summed E-state index contributed by atoms with van der Waals surface area (Å²) in [7, 11) is 0. The normalized spacial score (nSPS) is 11.7. The maximum absolute atomic E-state index is 12.1. The molecule has 1 amide bonds. The SMILES string of the molecule is C[C@@H](OC(=O)c1ccc(-n2cccn2)cc1)C(=O)NCc1ccco1. The lowest BCUT2D eigenvalue weighted by atomic mass is 10.2. The smallest absolute Gasteiger partial charge is 0.338 e. The lowest BCUT2D eigenvalue weighted by Crippen LogP contribution is -2.35. The van der Waals surface area contributed by atoms with Crippen LogP contribution in [0.5, 0.6) is 0 Å². The van der Waals surface area contributed by atoms with Crippen molar-refractivity contribution in [3.63, 3.8) is 0 Å². The number of carbonyl (C=O) groups excluding carboxylic acids is 2. The molecule has 0 bridgehead atoms. The maximum Gasteiger partial charge on any atom is 0.338 e. The zero-order valence-electron chi connectivity index (χ0n) is 13.6. The van der Waals surface area contributed by atoms with Crippen LogP contribution >= 0.6 is 0 Å². The van der Waals surface area contributed by atoms with E-state index in [-0.39, 0.29) is 6.54 Å². The van der Waals surface area contributed by atoms with Crippen LogP contribution in [0.3, 0.4) is 0 Å². The second-order valence-electron chi connectivity index (χ2n) is 5.34. The van der Waals surface area contributed by atoms with E-state index in [1.54, 1.807) is 53.5 Å². The summed E-state index contributed by atoms with van der Waals surface area (Å²) < 4.78 is 12.0. The van der Waals surface area contributed by atoms with Crippen molar-refractivity contribution in [1.29, 1.82) is 0 Å². The molecule has 0 saturated heterocycles. The highest BCUT2D eigenvalue weighted by Gasteiger charge is 2.19. The Bertz CT molecular complexity index is 824. The quantitative estimate of drug-likeness (QED) is 0.697. The number of ether oxygens (including phenoxy) is 1. The van der Waals surface area contributed by atoms with Gasteiger partial charge in [-0.3, -0.25) is 4.79 Å². The van der Waals surface area contributed by atoms with Gasteiger partial charge in [-0.25, -0.2) is 9.48 Å². The number of nitrogens with zero attached hydrogens (tertiary/aromatic N) is 2. The van der Waals surface area contributed by atoms with E-state index in [9.17, 15) is 9.59 Å². The van der Waals surface area contributed by atoms with Crippen LogP contribution in [-0.4, -0.2) is 27.8 Å². The molecule has 7 heteroatoms. The fraction of sp³-hybridized carbons (Fsp3) is 0.167. The summed E-state index contributed by atoms with van der Waals surface area (Å²) in [5, 5.41) is 6.76. The molecule has 0 aliphatic rings. The second kappa shape index (κ2) is 7.48. The van der Waals surface area contributed by atoms with Gasteiger partial charge in [0.15, 0.2) is 6.10 Å². The van der Waals surface area contributed by atoms with Crippen molar-refractivity contribution in [3.05, 3.63) is 72.4 Å². The number of furan rings is 1. The van der Waals surface area contributed by atoms with Crippen LogP contribution in [0.1, 0.15) is 23.0 Å². The summed E-state index contributed by atoms with van der Waals surface area (Å²) in [6.45, 7) is 1.76. The fourth-order valence-electron chi connectivity index (χ4n) is 2.19. The van der Waals surface area contributed by atoms with Gasteiger partial charge in [-0.05, 0) is 49.4 Å². The molecule has 1 aromatic carbocycles. The van der Waals surface area contributed by atoms with Crippen LogP contribution in [0.15, 0.2) is 65.5 Å². The van der Waals surface area contributed by atoms with Crippen LogP contribution in [0.4, 0.5) is 0 Å². The Morgan fingerprint density at radius 2 is 2.04 bits per heavy atom. The second-order valence-corrected chi connectivity index (χ2v) is 5.34. The molecule has 7 nitrogen and oxygen atoms in total. The summed E-state index contributed by atoms with van der Waals surface area (Å²) >= 11 is 0. The Labute approximate surface area is 144 Å². The minimum atomic E-state index is -0.909. The van der Waals surface area contributed by atoms with Crippen LogP contribution in [0, 0.1) is 0 Å². The average Bonchev–Trinajstić information content (AvgIpc) is 3.33. The first-order valence-corrected chi connectivity index (χ1v) is 7.74. The van der Waals surface area contributed by atoms with E-state index < -0.39 is 18.0 Å². The minimum Gasteiger partial charge on any atom is -0.467 e. The number of esters is 1. The van der Waals surface area contributed by atoms with Crippen molar-refractivity contribution in [3.8, 4) is 5.69 Å². The molecule has 1 N–H and O–H groups in total. The zero-order valence-corrected chi connectivity index (χ0v) is 13.6. The molecule has 0 aliphatic heterocycles. The number of aromatic nitrogens is 2. The summed E-state index contributed by atoms with van der Waals surface area (Å²) in [4.78, 5) is 24.1. The van der Waals surface area contributed by atoms with Crippen LogP contribution in [0.2, 0.25) is 0 Å². The van der Waals surface area contributed by atoms with Crippen LogP contribution in [0.25, 0.3) is 5.69 Å². The molecule has 1 atom stereocenters. The average molecular weight is 339 g/mol. The monoisotopic (exact) mass is 339 g/mol. The van der Waals surface area contributed by atoms with Crippen molar-refractivity contribution in [2.75, 3.05) is 0 Å². The topological polar surface area (TPSA) is 86.4 Å². The first-order valence-electron chi connectivity index (χ1n) is 7.74. The summed E-state index contributed by atoms with van der Waals surface area (Å²) in [6, 6.07) is 12.1. The Kier molecular flexibility index (Phi) is 4.94. The number of benzene rings is 1. The third kappa shape index (κ3) is 4.14. The van der Waals surface area contributed by atoms with Crippen molar-refractivity contribution < 1.29 is 18.7 Å². The third-order valence-electron chi connectivity index (χ3n) is 3.54. The number of nitrogens with one attached hydrogen (secondary N) is 1. The van der Waals surface area contributed by atoms with Crippen molar-refractivity contribution in [2.45, 2.75) is 19.6 Å². The van der Waals surface area contributed by atoms with E-state index >= 15 is 0 Å².